The zero-order chi connectivity index (χ0) is 14.8. The van der Waals surface area contributed by atoms with E-state index in [9.17, 15) is 4.79 Å². The molecular formula is C14H19N5OS. The van der Waals surface area contributed by atoms with Gasteiger partial charge in [0.25, 0.3) is 0 Å². The fraction of sp³-hybridized carbons (Fsp3) is 0.500. The first-order valence-corrected chi connectivity index (χ1v) is 8.04. The van der Waals surface area contributed by atoms with Crippen molar-refractivity contribution < 1.29 is 0 Å². The summed E-state index contributed by atoms with van der Waals surface area (Å²) in [6.07, 6.45) is 5.74. The maximum Gasteiger partial charge on any atom is 0.344 e. The number of rotatable bonds is 6. The Balaban J connectivity index is 1.72. The van der Waals surface area contributed by atoms with Crippen molar-refractivity contribution >= 4 is 11.8 Å². The van der Waals surface area contributed by atoms with Crippen LogP contribution in [0.1, 0.15) is 37.8 Å². The van der Waals surface area contributed by atoms with Gasteiger partial charge in [0.2, 0.25) is 0 Å². The summed E-state index contributed by atoms with van der Waals surface area (Å²) < 4.78 is 1.73. The summed E-state index contributed by atoms with van der Waals surface area (Å²) in [5, 5.41) is 8.13. The molecule has 0 spiro atoms. The topological polar surface area (TPSA) is 89.6 Å². The zero-order valence-electron chi connectivity index (χ0n) is 12.0. The fourth-order valence-corrected chi connectivity index (χ4v) is 3.00. The number of H-pyrrole nitrogens is 1. The molecule has 0 aromatic carbocycles. The van der Waals surface area contributed by atoms with Crippen molar-refractivity contribution in [1.82, 2.24) is 19.7 Å². The highest BCUT2D eigenvalue weighted by Crippen LogP contribution is 2.37. The Kier molecular flexibility index (Phi) is 4.12. The molecular weight excluding hydrogens is 286 g/mol. The Hall–Kier alpha value is -1.60. The number of nitrogens with two attached hydrogens (primary N) is 1. The van der Waals surface area contributed by atoms with E-state index in [1.165, 1.54) is 11.8 Å². The molecule has 6 nitrogen and oxygen atoms in total. The van der Waals surface area contributed by atoms with Crippen LogP contribution < -0.4 is 11.4 Å². The van der Waals surface area contributed by atoms with E-state index in [2.05, 4.69) is 22.1 Å². The third-order valence-corrected chi connectivity index (χ3v) is 4.52. The molecule has 21 heavy (non-hydrogen) atoms. The van der Waals surface area contributed by atoms with Gasteiger partial charge in [-0.3, -0.25) is 4.57 Å². The second-order valence-electron chi connectivity index (χ2n) is 5.39. The molecule has 0 amide bonds. The Labute approximate surface area is 127 Å². The molecule has 0 radical (unpaired) electrons. The lowest BCUT2D eigenvalue weighted by atomic mass is 10.1. The smallest absolute Gasteiger partial charge is 0.327 e. The maximum absolute atomic E-state index is 11.7. The number of aromatic amines is 1. The molecule has 2 aromatic rings. The van der Waals surface area contributed by atoms with Gasteiger partial charge in [0.05, 0.1) is 0 Å². The van der Waals surface area contributed by atoms with Gasteiger partial charge in [-0.15, -0.1) is 5.10 Å². The van der Waals surface area contributed by atoms with E-state index in [1.807, 2.05) is 18.3 Å². The fourth-order valence-electron chi connectivity index (χ4n) is 2.15. The number of nitrogens with zero attached hydrogens (tertiary/aromatic N) is 3. The minimum Gasteiger partial charge on any atom is -0.327 e. The molecule has 2 heterocycles. The average molecular weight is 305 g/mol. The van der Waals surface area contributed by atoms with Gasteiger partial charge in [0.1, 0.15) is 5.03 Å². The van der Waals surface area contributed by atoms with Crippen LogP contribution in [0.5, 0.6) is 0 Å². The van der Waals surface area contributed by atoms with Crippen molar-refractivity contribution in [2.45, 2.75) is 54.9 Å². The van der Waals surface area contributed by atoms with Gasteiger partial charge >= 0.3 is 5.69 Å². The molecule has 1 unspecified atom stereocenters. The van der Waals surface area contributed by atoms with E-state index in [4.69, 9.17) is 5.73 Å². The van der Waals surface area contributed by atoms with Crippen LogP contribution in [0.3, 0.4) is 0 Å². The summed E-state index contributed by atoms with van der Waals surface area (Å²) in [5.74, 6) is 0. The molecule has 3 rings (SSSR count). The van der Waals surface area contributed by atoms with E-state index in [0.29, 0.717) is 11.2 Å². The first kappa shape index (κ1) is 14.3. The normalized spacial score (nSPS) is 16.1. The Bertz CT molecular complexity index is 659. The Morgan fingerprint density at radius 2 is 2.33 bits per heavy atom. The third kappa shape index (κ3) is 3.36. The molecule has 2 aromatic heterocycles. The molecule has 112 valence electrons. The van der Waals surface area contributed by atoms with Crippen LogP contribution in [0.15, 0.2) is 33.3 Å². The van der Waals surface area contributed by atoms with Crippen molar-refractivity contribution in [2.24, 2.45) is 5.73 Å². The number of hydrogen-bond donors (Lipinski definition) is 2. The lowest BCUT2D eigenvalue weighted by Gasteiger charge is -2.08. The van der Waals surface area contributed by atoms with Crippen molar-refractivity contribution in [1.29, 1.82) is 0 Å². The van der Waals surface area contributed by atoms with Gasteiger partial charge in [-0.1, -0.05) is 13.0 Å². The number of aromatic nitrogens is 4. The van der Waals surface area contributed by atoms with Crippen molar-refractivity contribution in [3.63, 3.8) is 0 Å². The van der Waals surface area contributed by atoms with Gasteiger partial charge in [-0.05, 0) is 49.1 Å². The van der Waals surface area contributed by atoms with Crippen LogP contribution in [0, 0.1) is 0 Å². The van der Waals surface area contributed by atoms with Crippen molar-refractivity contribution in [2.75, 3.05) is 0 Å². The van der Waals surface area contributed by atoms with Gasteiger partial charge in [0.15, 0.2) is 5.16 Å². The lowest BCUT2D eigenvalue weighted by Crippen LogP contribution is -2.21. The highest BCUT2D eigenvalue weighted by molar-refractivity contribution is 7.99. The van der Waals surface area contributed by atoms with E-state index in [0.717, 1.165) is 36.3 Å². The molecule has 7 heteroatoms. The average Bonchev–Trinajstić information content (AvgIpc) is 3.25. The van der Waals surface area contributed by atoms with Gasteiger partial charge in [-0.2, -0.15) is 0 Å². The van der Waals surface area contributed by atoms with Crippen LogP contribution in [0.2, 0.25) is 0 Å². The lowest BCUT2D eigenvalue weighted by molar-refractivity contribution is 0.641. The number of nitrogens with one attached hydrogen (secondary N) is 1. The molecule has 1 aliphatic rings. The molecule has 3 N–H and O–H groups in total. The van der Waals surface area contributed by atoms with Crippen LogP contribution in [0.25, 0.3) is 0 Å². The molecule has 1 saturated carbocycles. The summed E-state index contributed by atoms with van der Waals surface area (Å²) in [6, 6.07) is 4.48. The van der Waals surface area contributed by atoms with Crippen molar-refractivity contribution in [3.05, 3.63) is 34.4 Å². The maximum atomic E-state index is 11.7. The van der Waals surface area contributed by atoms with E-state index in [-0.39, 0.29) is 11.7 Å². The van der Waals surface area contributed by atoms with Gasteiger partial charge in [0, 0.05) is 18.3 Å². The highest BCUT2D eigenvalue weighted by atomic mass is 32.2. The second-order valence-corrected chi connectivity index (χ2v) is 6.38. The molecule has 0 saturated heterocycles. The van der Waals surface area contributed by atoms with Crippen molar-refractivity contribution in [3.8, 4) is 0 Å². The predicted molar refractivity (Wildman–Crippen MR) is 81.4 cm³/mol. The predicted octanol–water partition coefficient (Wildman–Crippen LogP) is 1.73. The summed E-state index contributed by atoms with van der Waals surface area (Å²) in [7, 11) is 0. The van der Waals surface area contributed by atoms with Gasteiger partial charge < -0.3 is 5.73 Å². The highest BCUT2D eigenvalue weighted by Gasteiger charge is 2.28. The minimum atomic E-state index is -0.134. The molecule has 1 atom stereocenters. The Morgan fingerprint density at radius 3 is 2.95 bits per heavy atom. The first-order chi connectivity index (χ1) is 10.2. The van der Waals surface area contributed by atoms with Crippen LogP contribution in [0.4, 0.5) is 0 Å². The quantitative estimate of drug-likeness (QED) is 0.848. The van der Waals surface area contributed by atoms with E-state index in [1.54, 1.807) is 4.57 Å². The first-order valence-electron chi connectivity index (χ1n) is 7.22. The monoisotopic (exact) mass is 305 g/mol. The summed E-state index contributed by atoms with van der Waals surface area (Å²) >= 11 is 1.41. The minimum absolute atomic E-state index is 0.134. The number of pyridine rings is 1. The summed E-state index contributed by atoms with van der Waals surface area (Å²) in [5.41, 5.74) is 6.95. The SMILES string of the molecule is CCC(N)Cc1ccc(Sc2n[nH]c(=O)n2C2CC2)nc1. The van der Waals surface area contributed by atoms with E-state index < -0.39 is 0 Å². The van der Waals surface area contributed by atoms with Crippen LogP contribution in [-0.2, 0) is 6.42 Å². The summed E-state index contributed by atoms with van der Waals surface area (Å²) in [4.78, 5) is 16.1. The zero-order valence-corrected chi connectivity index (χ0v) is 12.8. The number of hydrogen-bond acceptors (Lipinski definition) is 5. The standard InChI is InChI=1S/C14H19N5OS/c1-2-10(15)7-9-3-6-12(16-8-9)21-14-18-17-13(20)19(14)11-4-5-11/h3,6,8,10-11H,2,4-5,7,15H2,1H3,(H,17,20). The molecule has 1 fully saturated rings. The van der Waals surface area contributed by atoms with Crippen LogP contribution >= 0.6 is 11.8 Å². The molecule has 0 bridgehead atoms. The summed E-state index contributed by atoms with van der Waals surface area (Å²) in [6.45, 7) is 2.08. The van der Waals surface area contributed by atoms with Gasteiger partial charge in [-0.25, -0.2) is 14.9 Å². The van der Waals surface area contributed by atoms with E-state index >= 15 is 0 Å². The largest absolute Gasteiger partial charge is 0.344 e. The molecule has 0 aliphatic heterocycles. The van der Waals surface area contributed by atoms with Crippen LogP contribution in [-0.4, -0.2) is 25.8 Å². The molecule has 1 aliphatic carbocycles. The third-order valence-electron chi connectivity index (χ3n) is 3.60. The Morgan fingerprint density at radius 1 is 1.52 bits per heavy atom. The second kappa shape index (κ2) is 6.03.